The Bertz CT molecular complexity index is 617. The van der Waals surface area contributed by atoms with Gasteiger partial charge in [0, 0.05) is 13.1 Å². The SMILES string of the molecule is CC1=CCCN(S(=O)(=O)c2ccc(C(=O)O)cc2)C1. The summed E-state index contributed by atoms with van der Waals surface area (Å²) in [6.45, 7) is 2.75. The molecule has 0 atom stereocenters. The second-order valence-electron chi connectivity index (χ2n) is 4.51. The van der Waals surface area contributed by atoms with Crippen molar-refractivity contribution < 1.29 is 18.3 Å². The lowest BCUT2D eigenvalue weighted by Crippen LogP contribution is -2.35. The Balaban J connectivity index is 2.29. The molecule has 0 spiro atoms. The molecule has 0 unspecified atom stereocenters. The van der Waals surface area contributed by atoms with Gasteiger partial charge in [0.2, 0.25) is 10.0 Å². The topological polar surface area (TPSA) is 74.7 Å². The summed E-state index contributed by atoms with van der Waals surface area (Å²) in [5.41, 5.74) is 1.10. The quantitative estimate of drug-likeness (QED) is 0.856. The van der Waals surface area contributed by atoms with E-state index in [2.05, 4.69) is 0 Å². The van der Waals surface area contributed by atoms with Crippen LogP contribution < -0.4 is 0 Å². The van der Waals surface area contributed by atoms with Crippen LogP contribution in [0.3, 0.4) is 0 Å². The molecule has 1 aromatic rings. The lowest BCUT2D eigenvalue weighted by molar-refractivity contribution is 0.0696. The van der Waals surface area contributed by atoms with Gasteiger partial charge in [-0.05, 0) is 37.6 Å². The number of sulfonamides is 1. The first-order valence-corrected chi connectivity index (χ1v) is 7.34. The molecule has 2 rings (SSSR count). The van der Waals surface area contributed by atoms with Crippen LogP contribution in [0.5, 0.6) is 0 Å². The fourth-order valence-electron chi connectivity index (χ4n) is 2.00. The molecule has 0 aromatic heterocycles. The van der Waals surface area contributed by atoms with Crippen molar-refractivity contribution in [3.05, 3.63) is 41.5 Å². The molecule has 0 saturated carbocycles. The van der Waals surface area contributed by atoms with Crippen molar-refractivity contribution >= 4 is 16.0 Å². The number of hydrogen-bond acceptors (Lipinski definition) is 3. The van der Waals surface area contributed by atoms with Gasteiger partial charge in [-0.2, -0.15) is 4.31 Å². The largest absolute Gasteiger partial charge is 0.478 e. The van der Waals surface area contributed by atoms with Crippen molar-refractivity contribution in [1.82, 2.24) is 4.31 Å². The van der Waals surface area contributed by atoms with Gasteiger partial charge in [-0.25, -0.2) is 13.2 Å². The number of benzene rings is 1. The van der Waals surface area contributed by atoms with Gasteiger partial charge in [0.1, 0.15) is 0 Å². The van der Waals surface area contributed by atoms with E-state index in [1.165, 1.54) is 28.6 Å². The van der Waals surface area contributed by atoms with Crippen molar-refractivity contribution in [1.29, 1.82) is 0 Å². The van der Waals surface area contributed by atoms with Gasteiger partial charge in [0.05, 0.1) is 10.5 Å². The summed E-state index contributed by atoms with van der Waals surface area (Å²) >= 11 is 0. The molecule has 1 aliphatic rings. The van der Waals surface area contributed by atoms with Crippen LogP contribution in [-0.2, 0) is 10.0 Å². The third kappa shape index (κ3) is 2.85. The van der Waals surface area contributed by atoms with E-state index in [0.717, 1.165) is 5.57 Å². The van der Waals surface area contributed by atoms with Gasteiger partial charge in [-0.1, -0.05) is 11.6 Å². The van der Waals surface area contributed by atoms with Gasteiger partial charge in [0.25, 0.3) is 0 Å². The molecule has 102 valence electrons. The van der Waals surface area contributed by atoms with Crippen molar-refractivity contribution in [2.24, 2.45) is 0 Å². The highest BCUT2D eigenvalue weighted by molar-refractivity contribution is 7.89. The van der Waals surface area contributed by atoms with Gasteiger partial charge >= 0.3 is 5.97 Å². The van der Waals surface area contributed by atoms with Crippen LogP contribution in [0, 0.1) is 0 Å². The summed E-state index contributed by atoms with van der Waals surface area (Å²) in [6, 6.07) is 5.29. The fraction of sp³-hybridized carbons (Fsp3) is 0.308. The maximum Gasteiger partial charge on any atom is 0.335 e. The zero-order valence-corrected chi connectivity index (χ0v) is 11.4. The first-order chi connectivity index (χ1) is 8.91. The number of carboxylic acid groups (broad SMARTS) is 1. The molecule has 1 aliphatic heterocycles. The number of hydrogen-bond donors (Lipinski definition) is 1. The zero-order chi connectivity index (χ0) is 14.0. The predicted molar refractivity (Wildman–Crippen MR) is 70.5 cm³/mol. The lowest BCUT2D eigenvalue weighted by Gasteiger charge is -2.25. The minimum absolute atomic E-state index is 0.0775. The summed E-state index contributed by atoms with van der Waals surface area (Å²) in [4.78, 5) is 10.9. The molecule has 1 N–H and O–H groups in total. The molecule has 0 fully saturated rings. The minimum Gasteiger partial charge on any atom is -0.478 e. The molecule has 5 nitrogen and oxygen atoms in total. The van der Waals surface area contributed by atoms with Crippen LogP contribution in [0.25, 0.3) is 0 Å². The number of rotatable bonds is 3. The summed E-state index contributed by atoms with van der Waals surface area (Å²) in [7, 11) is -3.54. The first kappa shape index (κ1) is 13.8. The normalized spacial score (nSPS) is 17.0. The average Bonchev–Trinajstić information content (AvgIpc) is 2.39. The minimum atomic E-state index is -3.54. The Morgan fingerprint density at radius 3 is 2.42 bits per heavy atom. The number of aromatic carboxylic acids is 1. The van der Waals surface area contributed by atoms with Crippen LogP contribution >= 0.6 is 0 Å². The third-order valence-corrected chi connectivity index (χ3v) is 4.90. The molecule has 19 heavy (non-hydrogen) atoms. The second-order valence-corrected chi connectivity index (χ2v) is 6.45. The molecule has 0 amide bonds. The van der Waals surface area contributed by atoms with Gasteiger partial charge in [0.15, 0.2) is 0 Å². The Morgan fingerprint density at radius 2 is 1.89 bits per heavy atom. The average molecular weight is 281 g/mol. The monoisotopic (exact) mass is 281 g/mol. The van der Waals surface area contributed by atoms with Crippen LogP contribution in [0.4, 0.5) is 0 Å². The van der Waals surface area contributed by atoms with Crippen molar-refractivity contribution in [3.8, 4) is 0 Å². The van der Waals surface area contributed by atoms with E-state index in [1.807, 2.05) is 13.0 Å². The molecule has 1 heterocycles. The summed E-state index contributed by atoms with van der Waals surface area (Å²) in [6.07, 6.45) is 2.73. The van der Waals surface area contributed by atoms with E-state index < -0.39 is 16.0 Å². The molecular formula is C13H15NO4S. The van der Waals surface area contributed by atoms with Gasteiger partial charge < -0.3 is 5.11 Å². The first-order valence-electron chi connectivity index (χ1n) is 5.90. The van der Waals surface area contributed by atoms with E-state index in [0.29, 0.717) is 19.5 Å². The van der Waals surface area contributed by atoms with E-state index in [4.69, 9.17) is 5.11 Å². The Kier molecular flexibility index (Phi) is 3.73. The highest BCUT2D eigenvalue weighted by Gasteiger charge is 2.25. The highest BCUT2D eigenvalue weighted by atomic mass is 32.2. The molecule has 0 aliphatic carbocycles. The lowest BCUT2D eigenvalue weighted by atomic mass is 10.2. The van der Waals surface area contributed by atoms with Crippen LogP contribution in [0.1, 0.15) is 23.7 Å². The summed E-state index contributed by atoms with van der Waals surface area (Å²) in [5.74, 6) is -1.07. The van der Waals surface area contributed by atoms with Crippen molar-refractivity contribution in [2.45, 2.75) is 18.2 Å². The fourth-order valence-corrected chi connectivity index (χ4v) is 3.50. The maximum atomic E-state index is 12.4. The molecule has 0 saturated heterocycles. The number of nitrogens with zero attached hydrogens (tertiary/aromatic N) is 1. The summed E-state index contributed by atoms with van der Waals surface area (Å²) in [5, 5.41) is 8.79. The Morgan fingerprint density at radius 1 is 1.26 bits per heavy atom. The second kappa shape index (κ2) is 5.14. The Labute approximate surface area is 112 Å². The third-order valence-electron chi connectivity index (χ3n) is 3.04. The number of carbonyl (C=O) groups is 1. The smallest absolute Gasteiger partial charge is 0.335 e. The molecule has 0 bridgehead atoms. The molecular weight excluding hydrogens is 266 g/mol. The van der Waals surface area contributed by atoms with E-state index in [-0.39, 0.29) is 10.5 Å². The standard InChI is InChI=1S/C13H15NO4S/c1-10-3-2-8-14(9-10)19(17,18)12-6-4-11(5-7-12)13(15)16/h3-7H,2,8-9H2,1H3,(H,15,16). The van der Waals surface area contributed by atoms with Crippen LogP contribution in [-0.4, -0.2) is 36.9 Å². The molecule has 1 aromatic carbocycles. The van der Waals surface area contributed by atoms with Gasteiger partial charge in [-0.3, -0.25) is 0 Å². The Hall–Kier alpha value is -1.66. The maximum absolute atomic E-state index is 12.4. The highest BCUT2D eigenvalue weighted by Crippen LogP contribution is 2.20. The van der Waals surface area contributed by atoms with Gasteiger partial charge in [-0.15, -0.1) is 0 Å². The van der Waals surface area contributed by atoms with Crippen molar-refractivity contribution in [3.63, 3.8) is 0 Å². The van der Waals surface area contributed by atoms with E-state index in [1.54, 1.807) is 0 Å². The van der Waals surface area contributed by atoms with Crippen LogP contribution in [0.2, 0.25) is 0 Å². The molecule has 0 radical (unpaired) electrons. The predicted octanol–water partition coefficient (Wildman–Crippen LogP) is 1.73. The number of carboxylic acids is 1. The van der Waals surface area contributed by atoms with Crippen molar-refractivity contribution in [2.75, 3.05) is 13.1 Å². The van der Waals surface area contributed by atoms with Crippen LogP contribution in [0.15, 0.2) is 40.8 Å². The van der Waals surface area contributed by atoms with E-state index >= 15 is 0 Å². The van der Waals surface area contributed by atoms with E-state index in [9.17, 15) is 13.2 Å². The molecule has 6 heteroatoms. The summed E-state index contributed by atoms with van der Waals surface area (Å²) < 4.78 is 26.1. The zero-order valence-electron chi connectivity index (χ0n) is 10.5.